The minimum atomic E-state index is -3.09. The van der Waals surface area contributed by atoms with E-state index in [1.54, 1.807) is 13.1 Å². The van der Waals surface area contributed by atoms with Crippen LogP contribution in [-0.2, 0) is 9.84 Å². The van der Waals surface area contributed by atoms with E-state index in [-0.39, 0.29) is 18.2 Å². The molecule has 19 heavy (non-hydrogen) atoms. The van der Waals surface area contributed by atoms with Crippen molar-refractivity contribution >= 4 is 26.6 Å². The van der Waals surface area contributed by atoms with Gasteiger partial charge in [0.25, 0.3) is 5.91 Å². The van der Waals surface area contributed by atoms with E-state index in [1.165, 1.54) is 4.90 Å². The molecular weight excluding hydrogens is 266 g/mol. The van der Waals surface area contributed by atoms with Crippen LogP contribution in [0, 0.1) is 0 Å². The predicted octanol–water partition coefficient (Wildman–Crippen LogP) is 0.679. The average molecular weight is 281 g/mol. The number of carbonyl (C=O) groups excluding carboxylic acids is 1. The minimum absolute atomic E-state index is 0.0579. The Morgan fingerprint density at radius 2 is 2.05 bits per heavy atom. The quantitative estimate of drug-likeness (QED) is 0.893. The zero-order valence-electron chi connectivity index (χ0n) is 10.8. The van der Waals surface area contributed by atoms with Gasteiger partial charge in [0.1, 0.15) is 9.84 Å². The van der Waals surface area contributed by atoms with E-state index in [0.717, 1.165) is 17.2 Å². The molecule has 0 saturated carbocycles. The van der Waals surface area contributed by atoms with Crippen molar-refractivity contribution in [2.75, 3.05) is 25.6 Å². The molecule has 2 aromatic rings. The fourth-order valence-electron chi connectivity index (χ4n) is 1.71. The molecule has 102 valence electrons. The zero-order chi connectivity index (χ0) is 14.0. The average Bonchev–Trinajstić information content (AvgIpc) is 2.78. The molecule has 7 heteroatoms. The lowest BCUT2D eigenvalue weighted by Gasteiger charge is -2.15. The van der Waals surface area contributed by atoms with Gasteiger partial charge in [0.15, 0.2) is 5.69 Å². The SMILES string of the molecule is CN(CCS(C)(=O)=O)C(=O)c1n[nH]c2ccccc12. The topological polar surface area (TPSA) is 83.1 Å². The molecule has 0 saturated heterocycles. The molecule has 2 rings (SSSR count). The standard InChI is InChI=1S/C12H15N3O3S/c1-15(7-8-19(2,17)18)12(16)11-9-5-3-4-6-10(9)13-14-11/h3-6H,7-8H2,1-2H3,(H,13,14). The monoisotopic (exact) mass is 281 g/mol. The summed E-state index contributed by atoms with van der Waals surface area (Å²) in [7, 11) is -1.52. The Hall–Kier alpha value is -1.89. The van der Waals surface area contributed by atoms with E-state index in [4.69, 9.17) is 0 Å². The van der Waals surface area contributed by atoms with Gasteiger partial charge in [-0.05, 0) is 6.07 Å². The van der Waals surface area contributed by atoms with E-state index >= 15 is 0 Å². The van der Waals surface area contributed by atoms with Crippen molar-refractivity contribution in [3.63, 3.8) is 0 Å². The first kappa shape index (κ1) is 13.5. The largest absolute Gasteiger partial charge is 0.339 e. The number of nitrogens with one attached hydrogen (secondary N) is 1. The Kier molecular flexibility index (Phi) is 3.57. The van der Waals surface area contributed by atoms with Crippen molar-refractivity contribution < 1.29 is 13.2 Å². The second-order valence-electron chi connectivity index (χ2n) is 4.47. The molecule has 0 unspecified atom stereocenters. The Bertz CT molecular complexity index is 706. The summed E-state index contributed by atoms with van der Waals surface area (Å²) in [4.78, 5) is 13.5. The third kappa shape index (κ3) is 3.11. The van der Waals surface area contributed by atoms with Gasteiger partial charge in [0, 0.05) is 25.2 Å². The summed E-state index contributed by atoms with van der Waals surface area (Å²) < 4.78 is 22.2. The molecule has 0 aliphatic carbocycles. The maximum atomic E-state index is 12.2. The van der Waals surface area contributed by atoms with Crippen LogP contribution in [0.1, 0.15) is 10.5 Å². The van der Waals surface area contributed by atoms with E-state index in [2.05, 4.69) is 10.2 Å². The number of rotatable bonds is 4. The number of nitrogens with zero attached hydrogens (tertiary/aromatic N) is 2. The number of H-pyrrole nitrogens is 1. The van der Waals surface area contributed by atoms with Crippen molar-refractivity contribution in [3.8, 4) is 0 Å². The molecule has 0 aliphatic heterocycles. The summed E-state index contributed by atoms with van der Waals surface area (Å²) in [6.07, 6.45) is 1.15. The van der Waals surface area contributed by atoms with Gasteiger partial charge in [-0.3, -0.25) is 9.89 Å². The second-order valence-corrected chi connectivity index (χ2v) is 6.73. The van der Waals surface area contributed by atoms with Gasteiger partial charge in [0.2, 0.25) is 0 Å². The van der Waals surface area contributed by atoms with Crippen molar-refractivity contribution in [1.29, 1.82) is 0 Å². The molecule has 1 N–H and O–H groups in total. The third-order valence-electron chi connectivity index (χ3n) is 2.82. The fourth-order valence-corrected chi connectivity index (χ4v) is 2.32. The minimum Gasteiger partial charge on any atom is -0.339 e. The molecule has 0 bridgehead atoms. The van der Waals surface area contributed by atoms with E-state index in [1.807, 2.05) is 18.2 Å². The van der Waals surface area contributed by atoms with Crippen LogP contribution in [0.25, 0.3) is 10.9 Å². The van der Waals surface area contributed by atoms with Gasteiger partial charge in [-0.1, -0.05) is 18.2 Å². The molecule has 0 aliphatic rings. The molecule has 6 nitrogen and oxygen atoms in total. The third-order valence-corrected chi connectivity index (χ3v) is 3.74. The lowest BCUT2D eigenvalue weighted by Crippen LogP contribution is -2.31. The summed E-state index contributed by atoms with van der Waals surface area (Å²) in [5.41, 5.74) is 1.09. The molecule has 1 heterocycles. The number of hydrogen-bond donors (Lipinski definition) is 1. The van der Waals surface area contributed by atoms with Gasteiger partial charge >= 0.3 is 0 Å². The first-order valence-corrected chi connectivity index (χ1v) is 7.81. The molecule has 1 amide bonds. The highest BCUT2D eigenvalue weighted by Crippen LogP contribution is 2.16. The van der Waals surface area contributed by atoms with Crippen LogP contribution < -0.4 is 0 Å². The van der Waals surface area contributed by atoms with E-state index in [9.17, 15) is 13.2 Å². The highest BCUT2D eigenvalue weighted by atomic mass is 32.2. The number of aromatic amines is 1. The highest BCUT2D eigenvalue weighted by Gasteiger charge is 2.18. The Morgan fingerprint density at radius 1 is 1.37 bits per heavy atom. The van der Waals surface area contributed by atoms with Crippen LogP contribution in [-0.4, -0.2) is 55.0 Å². The van der Waals surface area contributed by atoms with Crippen LogP contribution in [0.5, 0.6) is 0 Å². The number of carbonyl (C=O) groups is 1. The lowest BCUT2D eigenvalue weighted by molar-refractivity contribution is 0.0799. The van der Waals surface area contributed by atoms with Gasteiger partial charge in [-0.2, -0.15) is 5.10 Å². The van der Waals surface area contributed by atoms with Crippen molar-refractivity contribution in [3.05, 3.63) is 30.0 Å². The number of amides is 1. The molecule has 0 fully saturated rings. The summed E-state index contributed by atoms with van der Waals surface area (Å²) in [6, 6.07) is 7.30. The van der Waals surface area contributed by atoms with Crippen molar-refractivity contribution in [2.24, 2.45) is 0 Å². The fraction of sp³-hybridized carbons (Fsp3) is 0.333. The highest BCUT2D eigenvalue weighted by molar-refractivity contribution is 7.90. The van der Waals surface area contributed by atoms with Crippen molar-refractivity contribution in [1.82, 2.24) is 15.1 Å². The Morgan fingerprint density at radius 3 is 2.74 bits per heavy atom. The van der Waals surface area contributed by atoms with Crippen LogP contribution >= 0.6 is 0 Å². The summed E-state index contributed by atoms with van der Waals surface area (Å²) in [5.74, 6) is -0.349. The number of aromatic nitrogens is 2. The number of fused-ring (bicyclic) bond motifs is 1. The molecule has 1 aromatic heterocycles. The first-order valence-electron chi connectivity index (χ1n) is 5.75. The van der Waals surface area contributed by atoms with Gasteiger partial charge in [-0.25, -0.2) is 8.42 Å². The normalized spacial score (nSPS) is 11.7. The van der Waals surface area contributed by atoms with E-state index < -0.39 is 9.84 Å². The van der Waals surface area contributed by atoms with Crippen LogP contribution in [0.15, 0.2) is 24.3 Å². The molecule has 0 radical (unpaired) electrons. The van der Waals surface area contributed by atoms with Gasteiger partial charge < -0.3 is 4.90 Å². The maximum Gasteiger partial charge on any atom is 0.274 e. The first-order chi connectivity index (χ1) is 8.88. The Labute approximate surface area is 111 Å². The number of hydrogen-bond acceptors (Lipinski definition) is 4. The van der Waals surface area contributed by atoms with Gasteiger partial charge in [0.05, 0.1) is 11.3 Å². The maximum absolute atomic E-state index is 12.2. The summed E-state index contributed by atoms with van der Waals surface area (Å²) in [6.45, 7) is 0.152. The summed E-state index contributed by atoms with van der Waals surface area (Å²) in [5, 5.41) is 7.51. The number of benzene rings is 1. The lowest BCUT2D eigenvalue weighted by atomic mass is 10.2. The van der Waals surface area contributed by atoms with Crippen LogP contribution in [0.2, 0.25) is 0 Å². The summed E-state index contributed by atoms with van der Waals surface area (Å²) >= 11 is 0. The Balaban J connectivity index is 2.19. The van der Waals surface area contributed by atoms with Crippen LogP contribution in [0.3, 0.4) is 0 Å². The van der Waals surface area contributed by atoms with Gasteiger partial charge in [-0.15, -0.1) is 0 Å². The van der Waals surface area contributed by atoms with E-state index in [0.29, 0.717) is 5.69 Å². The molecule has 0 atom stereocenters. The number of sulfone groups is 1. The second kappa shape index (κ2) is 5.00. The predicted molar refractivity (Wildman–Crippen MR) is 72.8 cm³/mol. The smallest absolute Gasteiger partial charge is 0.274 e. The van der Waals surface area contributed by atoms with Crippen molar-refractivity contribution in [2.45, 2.75) is 0 Å². The molecule has 1 aromatic carbocycles. The molecule has 0 spiro atoms. The zero-order valence-corrected chi connectivity index (χ0v) is 11.6. The van der Waals surface area contributed by atoms with Crippen LogP contribution in [0.4, 0.5) is 0 Å². The molecular formula is C12H15N3O3S. The number of para-hydroxylation sites is 1.